The zero-order valence-electron chi connectivity index (χ0n) is 32.2. The SMILES string of the molecule is Nc1nc2sc(CNC3CCN(CC(=O)OC(Cn4cncn4)(Cn4cncn4)c4ccc(F)cc4F)CC3)cc2n(-c2ccc3c(c2)N(c2ccccc2)CCO3)c1=O. The number of piperidine rings is 1. The molecule has 2 aliphatic heterocycles. The summed E-state index contributed by atoms with van der Waals surface area (Å²) in [6.45, 7) is 2.67. The number of rotatable bonds is 13. The van der Waals surface area contributed by atoms with Gasteiger partial charge in [0.1, 0.15) is 54.1 Å². The van der Waals surface area contributed by atoms with E-state index in [2.05, 4.69) is 35.4 Å². The van der Waals surface area contributed by atoms with Crippen molar-refractivity contribution in [1.29, 1.82) is 0 Å². The van der Waals surface area contributed by atoms with Crippen molar-refractivity contribution in [2.75, 3.05) is 43.4 Å². The predicted octanol–water partition coefficient (Wildman–Crippen LogP) is 4.41. The quantitative estimate of drug-likeness (QED) is 0.157. The summed E-state index contributed by atoms with van der Waals surface area (Å²) in [7, 11) is 0. The van der Waals surface area contributed by atoms with E-state index in [1.807, 2.05) is 59.5 Å². The molecule has 308 valence electrons. The number of esters is 1. The van der Waals surface area contributed by atoms with Crippen molar-refractivity contribution in [2.24, 2.45) is 0 Å². The number of likely N-dealkylation sites (tertiary alicyclic amines) is 1. The Morgan fingerprint density at radius 2 is 1.68 bits per heavy atom. The van der Waals surface area contributed by atoms with Gasteiger partial charge in [-0.1, -0.05) is 18.2 Å². The van der Waals surface area contributed by atoms with Gasteiger partial charge in [-0.3, -0.25) is 19.1 Å². The largest absolute Gasteiger partial charge is 0.490 e. The second kappa shape index (κ2) is 16.6. The highest BCUT2D eigenvalue weighted by Crippen LogP contribution is 2.39. The van der Waals surface area contributed by atoms with Gasteiger partial charge in [-0.05, 0) is 61.4 Å². The Hall–Kier alpha value is -6.57. The lowest BCUT2D eigenvalue weighted by atomic mass is 9.92. The van der Waals surface area contributed by atoms with Crippen LogP contribution in [0.15, 0.2) is 103 Å². The zero-order chi connectivity index (χ0) is 41.2. The molecule has 0 saturated carbocycles. The van der Waals surface area contributed by atoms with Crippen LogP contribution in [-0.2, 0) is 34.8 Å². The third kappa shape index (κ3) is 8.05. The van der Waals surface area contributed by atoms with Gasteiger partial charge in [0, 0.05) is 47.9 Å². The summed E-state index contributed by atoms with van der Waals surface area (Å²) < 4.78 is 46.2. The number of aromatic nitrogens is 8. The van der Waals surface area contributed by atoms with Crippen LogP contribution in [0.4, 0.5) is 26.0 Å². The number of halogens is 2. The first-order valence-electron chi connectivity index (χ1n) is 19.4. The van der Waals surface area contributed by atoms with Crippen LogP contribution in [0.1, 0.15) is 23.3 Å². The van der Waals surface area contributed by atoms with Gasteiger partial charge >= 0.3 is 5.97 Å². The molecule has 16 nitrogen and oxygen atoms in total. The van der Waals surface area contributed by atoms with Crippen molar-refractivity contribution < 1.29 is 23.0 Å². The zero-order valence-corrected chi connectivity index (χ0v) is 33.0. The van der Waals surface area contributed by atoms with Gasteiger partial charge in [0.05, 0.1) is 43.1 Å². The number of nitrogens with zero attached hydrogens (tertiary/aromatic N) is 10. The highest BCUT2D eigenvalue weighted by atomic mass is 32.1. The molecule has 60 heavy (non-hydrogen) atoms. The number of hydrogen-bond donors (Lipinski definition) is 2. The normalized spacial score (nSPS) is 14.9. The first kappa shape index (κ1) is 38.9. The van der Waals surface area contributed by atoms with Gasteiger partial charge in [-0.15, -0.1) is 11.3 Å². The third-order valence-corrected chi connectivity index (χ3v) is 11.8. The molecule has 7 aromatic rings. The Bertz CT molecular complexity index is 2630. The molecule has 0 aliphatic carbocycles. The molecule has 0 amide bonds. The first-order valence-corrected chi connectivity index (χ1v) is 20.2. The molecule has 3 aromatic carbocycles. The van der Waals surface area contributed by atoms with Gasteiger partial charge < -0.3 is 25.4 Å². The van der Waals surface area contributed by atoms with Crippen LogP contribution in [0.25, 0.3) is 16.0 Å². The molecule has 19 heteroatoms. The van der Waals surface area contributed by atoms with Gasteiger partial charge in [0.15, 0.2) is 11.4 Å². The number of carbonyl (C=O) groups excluding carboxylic acids is 1. The van der Waals surface area contributed by atoms with Crippen LogP contribution in [-0.4, -0.2) is 88.8 Å². The monoisotopic (exact) mass is 834 g/mol. The van der Waals surface area contributed by atoms with Crippen molar-refractivity contribution in [3.05, 3.63) is 131 Å². The molecule has 2 aliphatic rings. The summed E-state index contributed by atoms with van der Waals surface area (Å²) in [5.41, 5.74) is 7.30. The van der Waals surface area contributed by atoms with Crippen LogP contribution in [0.5, 0.6) is 5.75 Å². The van der Waals surface area contributed by atoms with E-state index >= 15 is 4.39 Å². The topological polar surface area (TPSA) is 176 Å². The fraction of sp³-hybridized carbons (Fsp3) is 0.293. The minimum absolute atomic E-state index is 0.0331. The average Bonchev–Trinajstić information content (AvgIpc) is 4.04. The molecular weight excluding hydrogens is 795 g/mol. The van der Waals surface area contributed by atoms with E-state index in [0.717, 1.165) is 47.0 Å². The van der Waals surface area contributed by atoms with Gasteiger partial charge in [-0.2, -0.15) is 10.2 Å². The van der Waals surface area contributed by atoms with E-state index in [9.17, 15) is 14.0 Å². The van der Waals surface area contributed by atoms with Crippen molar-refractivity contribution in [1.82, 2.24) is 49.3 Å². The molecule has 4 aromatic heterocycles. The second-order valence-electron chi connectivity index (χ2n) is 14.7. The fourth-order valence-electron chi connectivity index (χ4n) is 7.93. The van der Waals surface area contributed by atoms with Gasteiger partial charge in [0.25, 0.3) is 5.56 Å². The summed E-state index contributed by atoms with van der Waals surface area (Å²) in [6, 6.07) is 21.0. The van der Waals surface area contributed by atoms with E-state index in [0.29, 0.717) is 48.8 Å². The molecule has 6 heterocycles. The van der Waals surface area contributed by atoms with Crippen molar-refractivity contribution in [3.8, 4) is 11.4 Å². The minimum Gasteiger partial charge on any atom is -0.490 e. The van der Waals surface area contributed by atoms with E-state index in [1.165, 1.54) is 52.1 Å². The number of anilines is 3. The average molecular weight is 835 g/mol. The number of thiophene rings is 1. The van der Waals surface area contributed by atoms with Crippen molar-refractivity contribution in [3.63, 3.8) is 0 Å². The number of carbonyl (C=O) groups is 1. The second-order valence-corrected chi connectivity index (χ2v) is 15.9. The summed E-state index contributed by atoms with van der Waals surface area (Å²) in [5, 5.41) is 12.0. The summed E-state index contributed by atoms with van der Waals surface area (Å²) in [4.78, 5) is 45.5. The Balaban J connectivity index is 0.871. The Morgan fingerprint density at radius 1 is 0.933 bits per heavy atom. The maximum absolute atomic E-state index is 15.5. The molecule has 1 saturated heterocycles. The lowest BCUT2D eigenvalue weighted by molar-refractivity contribution is -0.167. The number of nitrogen functional groups attached to an aromatic ring is 1. The van der Waals surface area contributed by atoms with Crippen molar-refractivity contribution in [2.45, 2.75) is 44.1 Å². The van der Waals surface area contributed by atoms with Crippen LogP contribution >= 0.6 is 11.3 Å². The number of hydrogen-bond acceptors (Lipinski definition) is 14. The molecule has 0 bridgehead atoms. The van der Waals surface area contributed by atoms with Crippen LogP contribution in [0, 0.1) is 11.6 Å². The Kier molecular flexibility index (Phi) is 10.8. The van der Waals surface area contributed by atoms with Crippen LogP contribution < -0.4 is 26.2 Å². The van der Waals surface area contributed by atoms with Crippen LogP contribution in [0.2, 0.25) is 0 Å². The lowest BCUT2D eigenvalue weighted by Crippen LogP contribution is -2.47. The number of nitrogens with one attached hydrogen (secondary N) is 1. The van der Waals surface area contributed by atoms with E-state index in [1.54, 1.807) is 4.57 Å². The third-order valence-electron chi connectivity index (χ3n) is 10.8. The highest BCUT2D eigenvalue weighted by molar-refractivity contribution is 7.18. The summed E-state index contributed by atoms with van der Waals surface area (Å²) in [5.74, 6) is -1.58. The molecule has 0 spiro atoms. The standard InChI is InChI=1S/C41H40F2N12O4S/c42-27-6-8-32(33(43)16-27)41(21-52-25-45-23-48-52,22-53-26-46-24-49-53)59-37(56)20-51-12-10-28(11-13-51)47-19-31-18-35-39(60-31)50-38(44)40(57)55(35)30-7-9-36-34(17-30)54(14-15-58-36)29-4-2-1-3-5-29/h1-9,16-18,23-26,28,47H,10-15,19-22H2,(H2,44,50). The molecular formula is C41H40F2N12O4S. The smallest absolute Gasteiger partial charge is 0.321 e. The van der Waals surface area contributed by atoms with Gasteiger partial charge in [-0.25, -0.2) is 33.1 Å². The van der Waals surface area contributed by atoms with E-state index in [-0.39, 0.29) is 37.1 Å². The maximum atomic E-state index is 15.5. The molecule has 1 fully saturated rings. The minimum atomic E-state index is -1.66. The van der Waals surface area contributed by atoms with E-state index < -0.39 is 28.8 Å². The number of fused-ring (bicyclic) bond motifs is 2. The lowest BCUT2D eigenvalue weighted by Gasteiger charge is -2.36. The van der Waals surface area contributed by atoms with Gasteiger partial charge in [0.2, 0.25) is 0 Å². The summed E-state index contributed by atoms with van der Waals surface area (Å²) in [6.07, 6.45) is 6.99. The van der Waals surface area contributed by atoms with Crippen LogP contribution in [0.3, 0.4) is 0 Å². The number of benzene rings is 3. The first-order chi connectivity index (χ1) is 29.2. The molecule has 3 N–H and O–H groups in total. The molecule has 0 unspecified atom stereocenters. The summed E-state index contributed by atoms with van der Waals surface area (Å²) >= 11 is 1.47. The van der Waals surface area contributed by atoms with E-state index in [4.69, 9.17) is 15.2 Å². The number of para-hydroxylation sites is 1. The number of ether oxygens (including phenoxy) is 2. The number of nitrogens with two attached hydrogens (primary N) is 1. The fourth-order valence-corrected chi connectivity index (χ4v) is 8.90. The Morgan fingerprint density at radius 3 is 2.38 bits per heavy atom. The molecule has 0 radical (unpaired) electrons. The molecule has 0 atom stereocenters. The highest BCUT2D eigenvalue weighted by Gasteiger charge is 2.41. The predicted molar refractivity (Wildman–Crippen MR) is 219 cm³/mol. The maximum Gasteiger partial charge on any atom is 0.321 e. The molecule has 9 rings (SSSR count). The van der Waals surface area contributed by atoms with Crippen molar-refractivity contribution >= 4 is 44.8 Å². The Labute approximate surface area is 345 Å².